The van der Waals surface area contributed by atoms with E-state index in [1.165, 1.54) is 0 Å². The van der Waals surface area contributed by atoms with Crippen molar-refractivity contribution >= 4 is 29.3 Å². The molecule has 0 fully saturated rings. The summed E-state index contributed by atoms with van der Waals surface area (Å²) >= 11 is 1.65. The van der Waals surface area contributed by atoms with E-state index in [4.69, 9.17) is 5.73 Å². The minimum absolute atomic E-state index is 0.170. The lowest BCUT2D eigenvalue weighted by atomic mass is 10.1. The fraction of sp³-hybridized carbons (Fsp3) is 0.176. The summed E-state index contributed by atoms with van der Waals surface area (Å²) in [7, 11) is 1.79. The van der Waals surface area contributed by atoms with Crippen molar-refractivity contribution in [3.05, 3.63) is 59.7 Å². The number of carbonyl (C=O) groups excluding carboxylic acids is 1. The number of hydrogen-bond donors (Lipinski definition) is 1. The molecule has 0 aromatic heterocycles. The summed E-state index contributed by atoms with van der Waals surface area (Å²) in [5.41, 5.74) is 8.47. The molecule has 0 heterocycles. The predicted octanol–water partition coefficient (Wildman–Crippen LogP) is 3.31. The lowest BCUT2D eigenvalue weighted by Crippen LogP contribution is -2.34. The van der Waals surface area contributed by atoms with E-state index in [9.17, 15) is 4.79 Å². The standard InChI is InChI=1S/C17H19N3OS/c1-12-7-9-13(10-8-12)16(21)19-17(18)20(2)14-5-4-6-15(11-14)22-3/h4-11H,1-3H3,(H2,18,19,21). The number of hydrogen-bond acceptors (Lipinski definition) is 2. The molecule has 0 spiro atoms. The molecule has 2 N–H and O–H groups in total. The van der Waals surface area contributed by atoms with Crippen LogP contribution in [0.25, 0.3) is 0 Å². The normalized spacial score (nSPS) is 11.3. The van der Waals surface area contributed by atoms with Crippen molar-refractivity contribution in [3.63, 3.8) is 0 Å². The van der Waals surface area contributed by atoms with E-state index in [1.54, 1.807) is 35.8 Å². The Bertz CT molecular complexity index is 695. The van der Waals surface area contributed by atoms with Crippen LogP contribution in [0.4, 0.5) is 5.69 Å². The fourth-order valence-corrected chi connectivity index (χ4v) is 2.34. The van der Waals surface area contributed by atoms with Gasteiger partial charge in [0.2, 0.25) is 5.96 Å². The van der Waals surface area contributed by atoms with Gasteiger partial charge in [-0.3, -0.25) is 4.79 Å². The fourth-order valence-electron chi connectivity index (χ4n) is 1.89. The van der Waals surface area contributed by atoms with Gasteiger partial charge in [0.1, 0.15) is 0 Å². The first-order chi connectivity index (χ1) is 10.5. The number of carbonyl (C=O) groups is 1. The maximum absolute atomic E-state index is 12.1. The van der Waals surface area contributed by atoms with Crippen molar-refractivity contribution < 1.29 is 4.79 Å². The maximum Gasteiger partial charge on any atom is 0.280 e. The van der Waals surface area contributed by atoms with Gasteiger partial charge < -0.3 is 10.6 Å². The molecule has 1 amide bonds. The highest BCUT2D eigenvalue weighted by Gasteiger charge is 2.10. The van der Waals surface area contributed by atoms with Crippen molar-refractivity contribution in [1.82, 2.24) is 0 Å². The van der Waals surface area contributed by atoms with E-state index < -0.39 is 0 Å². The van der Waals surface area contributed by atoms with Gasteiger partial charge in [-0.25, -0.2) is 0 Å². The summed E-state index contributed by atoms with van der Waals surface area (Å²) in [4.78, 5) is 18.9. The van der Waals surface area contributed by atoms with E-state index in [0.717, 1.165) is 16.1 Å². The third kappa shape index (κ3) is 3.89. The van der Waals surface area contributed by atoms with Crippen LogP contribution >= 0.6 is 11.8 Å². The number of rotatable bonds is 3. The third-order valence-corrected chi connectivity index (χ3v) is 4.02. The molecule has 0 aliphatic carbocycles. The zero-order chi connectivity index (χ0) is 16.1. The molecule has 22 heavy (non-hydrogen) atoms. The van der Waals surface area contributed by atoms with Gasteiger partial charge in [0, 0.05) is 23.2 Å². The van der Waals surface area contributed by atoms with Crippen LogP contribution in [0.1, 0.15) is 15.9 Å². The molecule has 4 nitrogen and oxygen atoms in total. The van der Waals surface area contributed by atoms with E-state index in [0.29, 0.717) is 5.56 Å². The largest absolute Gasteiger partial charge is 0.369 e. The lowest BCUT2D eigenvalue weighted by Gasteiger charge is -2.18. The minimum Gasteiger partial charge on any atom is -0.369 e. The molecule has 2 aromatic rings. The van der Waals surface area contributed by atoms with Gasteiger partial charge in [-0.2, -0.15) is 4.99 Å². The first-order valence-corrected chi connectivity index (χ1v) is 8.06. The average molecular weight is 313 g/mol. The first kappa shape index (κ1) is 16.1. The lowest BCUT2D eigenvalue weighted by molar-refractivity contribution is 0.100. The van der Waals surface area contributed by atoms with Crippen molar-refractivity contribution in [1.29, 1.82) is 0 Å². The number of aryl methyl sites for hydroxylation is 1. The quantitative estimate of drug-likeness (QED) is 0.536. The molecule has 0 aliphatic heterocycles. The number of anilines is 1. The van der Waals surface area contributed by atoms with Gasteiger partial charge in [0.05, 0.1) is 0 Å². The second kappa shape index (κ2) is 7.13. The monoisotopic (exact) mass is 313 g/mol. The van der Waals surface area contributed by atoms with Crippen LogP contribution in [0.15, 0.2) is 58.4 Å². The summed E-state index contributed by atoms with van der Waals surface area (Å²) in [6, 6.07) is 15.2. The second-order valence-electron chi connectivity index (χ2n) is 4.90. The van der Waals surface area contributed by atoms with Crippen molar-refractivity contribution in [2.24, 2.45) is 10.7 Å². The van der Waals surface area contributed by atoms with Gasteiger partial charge in [0.15, 0.2) is 0 Å². The summed E-state index contributed by atoms with van der Waals surface area (Å²) in [5, 5.41) is 0. The van der Waals surface area contributed by atoms with E-state index in [-0.39, 0.29) is 11.9 Å². The highest BCUT2D eigenvalue weighted by Crippen LogP contribution is 2.21. The first-order valence-electron chi connectivity index (χ1n) is 6.84. The van der Waals surface area contributed by atoms with E-state index in [1.807, 2.05) is 49.6 Å². The average Bonchev–Trinajstić information content (AvgIpc) is 2.54. The summed E-state index contributed by atoms with van der Waals surface area (Å²) in [6.07, 6.45) is 2.01. The molecular formula is C17H19N3OS. The van der Waals surface area contributed by atoms with Crippen LogP contribution in [0.3, 0.4) is 0 Å². The number of amides is 1. The molecule has 0 saturated carbocycles. The Morgan fingerprint density at radius 3 is 2.50 bits per heavy atom. The van der Waals surface area contributed by atoms with Crippen LogP contribution in [-0.2, 0) is 0 Å². The summed E-state index contributed by atoms with van der Waals surface area (Å²) < 4.78 is 0. The second-order valence-corrected chi connectivity index (χ2v) is 5.78. The smallest absolute Gasteiger partial charge is 0.280 e. The van der Waals surface area contributed by atoms with Crippen LogP contribution in [0.5, 0.6) is 0 Å². The van der Waals surface area contributed by atoms with Crippen molar-refractivity contribution in [2.75, 3.05) is 18.2 Å². The number of guanidine groups is 1. The summed E-state index contributed by atoms with van der Waals surface area (Å²) in [6.45, 7) is 1.97. The Labute approximate surface area is 135 Å². The van der Waals surface area contributed by atoms with Crippen LogP contribution < -0.4 is 10.6 Å². The maximum atomic E-state index is 12.1. The highest BCUT2D eigenvalue weighted by atomic mass is 32.2. The molecule has 2 rings (SSSR count). The Balaban J connectivity index is 2.19. The SMILES string of the molecule is CSc1cccc(N(C)C(N)=NC(=O)c2ccc(C)cc2)c1. The molecular weight excluding hydrogens is 294 g/mol. The molecule has 0 radical (unpaired) electrons. The third-order valence-electron chi connectivity index (χ3n) is 3.30. The molecule has 0 unspecified atom stereocenters. The van der Waals surface area contributed by atoms with Crippen LogP contribution in [0.2, 0.25) is 0 Å². The Morgan fingerprint density at radius 1 is 1.18 bits per heavy atom. The van der Waals surface area contributed by atoms with Gasteiger partial charge in [-0.05, 0) is 43.5 Å². The molecule has 2 aromatic carbocycles. The zero-order valence-corrected chi connectivity index (χ0v) is 13.7. The topological polar surface area (TPSA) is 58.7 Å². The van der Waals surface area contributed by atoms with Gasteiger partial charge in [-0.1, -0.05) is 23.8 Å². The van der Waals surface area contributed by atoms with E-state index >= 15 is 0 Å². The number of nitrogens with zero attached hydrogens (tertiary/aromatic N) is 2. The molecule has 5 heteroatoms. The summed E-state index contributed by atoms with van der Waals surface area (Å²) in [5.74, 6) is -0.172. The molecule has 0 bridgehead atoms. The Kier molecular flexibility index (Phi) is 5.22. The molecule has 0 atom stereocenters. The zero-order valence-electron chi connectivity index (χ0n) is 12.9. The van der Waals surface area contributed by atoms with Crippen molar-refractivity contribution in [2.45, 2.75) is 11.8 Å². The molecule has 114 valence electrons. The Morgan fingerprint density at radius 2 is 1.86 bits per heavy atom. The van der Waals surface area contributed by atoms with Crippen LogP contribution in [0, 0.1) is 6.92 Å². The van der Waals surface area contributed by atoms with Crippen LogP contribution in [-0.4, -0.2) is 25.2 Å². The van der Waals surface area contributed by atoms with Gasteiger partial charge >= 0.3 is 0 Å². The highest BCUT2D eigenvalue weighted by molar-refractivity contribution is 7.98. The number of nitrogens with two attached hydrogens (primary N) is 1. The van der Waals surface area contributed by atoms with Gasteiger partial charge in [0.25, 0.3) is 5.91 Å². The minimum atomic E-state index is -0.342. The molecule has 0 aliphatic rings. The number of thioether (sulfide) groups is 1. The number of aliphatic imine (C=N–C) groups is 1. The predicted molar refractivity (Wildman–Crippen MR) is 93.8 cm³/mol. The molecule has 0 saturated heterocycles. The number of benzene rings is 2. The van der Waals surface area contributed by atoms with E-state index in [2.05, 4.69) is 4.99 Å². The Hall–Kier alpha value is -2.27. The van der Waals surface area contributed by atoms with Gasteiger partial charge in [-0.15, -0.1) is 11.8 Å². The van der Waals surface area contributed by atoms with Crippen molar-refractivity contribution in [3.8, 4) is 0 Å².